The molecule has 2 heterocycles. The number of fused-ring (bicyclic) bond motifs is 1. The third-order valence-corrected chi connectivity index (χ3v) is 3.51. The number of aromatic nitrogens is 2. The highest BCUT2D eigenvalue weighted by Gasteiger charge is 2.07. The predicted octanol–water partition coefficient (Wildman–Crippen LogP) is 3.67. The fourth-order valence-electron chi connectivity index (χ4n) is 1.64. The maximum Gasteiger partial charge on any atom is 0.223 e. The molecule has 0 amide bonds. The molecule has 1 aromatic carbocycles. The van der Waals surface area contributed by atoms with E-state index in [1.165, 1.54) is 11.3 Å². The number of nitrogens with one attached hydrogen (secondary N) is 1. The van der Waals surface area contributed by atoms with Crippen molar-refractivity contribution in [2.45, 2.75) is 0 Å². The highest BCUT2D eigenvalue weighted by Crippen LogP contribution is 2.28. The number of benzene rings is 1. The molecule has 0 radical (unpaired) electrons. The summed E-state index contributed by atoms with van der Waals surface area (Å²) < 4.78 is 0. The van der Waals surface area contributed by atoms with Gasteiger partial charge in [0.2, 0.25) is 5.95 Å². The predicted molar refractivity (Wildman–Crippen MR) is 76.6 cm³/mol. The van der Waals surface area contributed by atoms with Crippen molar-refractivity contribution in [1.29, 1.82) is 0 Å². The van der Waals surface area contributed by atoms with E-state index in [0.717, 1.165) is 15.9 Å². The van der Waals surface area contributed by atoms with Crippen LogP contribution < -0.4 is 11.1 Å². The average molecular weight is 277 g/mol. The lowest BCUT2D eigenvalue weighted by Gasteiger charge is -2.07. The fraction of sp³-hybridized carbons (Fsp3) is 0. The molecule has 3 aromatic rings. The van der Waals surface area contributed by atoms with E-state index >= 15 is 0 Å². The highest BCUT2D eigenvalue weighted by atomic mass is 35.5. The molecule has 3 N–H and O–H groups in total. The number of nitrogen functional groups attached to an aromatic ring is 1. The summed E-state index contributed by atoms with van der Waals surface area (Å²) in [4.78, 5) is 9.27. The summed E-state index contributed by atoms with van der Waals surface area (Å²) in [5.41, 5.74) is 6.59. The third kappa shape index (κ3) is 2.10. The molecular formula is C12H9ClN4S. The number of rotatable bonds is 2. The monoisotopic (exact) mass is 276 g/mol. The molecule has 6 heteroatoms. The molecule has 0 aliphatic heterocycles. The average Bonchev–Trinajstić information content (AvgIpc) is 2.80. The largest absolute Gasteiger partial charge is 0.368 e. The van der Waals surface area contributed by atoms with Crippen LogP contribution in [-0.4, -0.2) is 9.97 Å². The summed E-state index contributed by atoms with van der Waals surface area (Å²) in [5.74, 6) is 0.975. The number of anilines is 3. The molecule has 0 saturated carbocycles. The number of nitrogens with two attached hydrogens (primary N) is 1. The van der Waals surface area contributed by atoms with E-state index in [9.17, 15) is 0 Å². The van der Waals surface area contributed by atoms with Crippen LogP contribution in [0.3, 0.4) is 0 Å². The second-order valence-electron chi connectivity index (χ2n) is 3.70. The zero-order valence-corrected chi connectivity index (χ0v) is 10.8. The summed E-state index contributed by atoms with van der Waals surface area (Å²) in [7, 11) is 0. The van der Waals surface area contributed by atoms with Crippen LogP contribution in [-0.2, 0) is 0 Å². The van der Waals surface area contributed by atoms with Gasteiger partial charge in [0.25, 0.3) is 0 Å². The highest BCUT2D eigenvalue weighted by molar-refractivity contribution is 7.16. The summed E-state index contributed by atoms with van der Waals surface area (Å²) in [5, 5.41) is 6.84. The van der Waals surface area contributed by atoms with Crippen LogP contribution in [0.5, 0.6) is 0 Å². The lowest BCUT2D eigenvalue weighted by Crippen LogP contribution is -1.99. The van der Waals surface area contributed by atoms with Crippen molar-refractivity contribution >= 4 is 50.6 Å². The van der Waals surface area contributed by atoms with E-state index < -0.39 is 0 Å². The first kappa shape index (κ1) is 11.3. The van der Waals surface area contributed by atoms with Crippen LogP contribution in [0.1, 0.15) is 0 Å². The van der Waals surface area contributed by atoms with Crippen molar-refractivity contribution in [2.24, 2.45) is 0 Å². The Kier molecular flexibility index (Phi) is 2.77. The van der Waals surface area contributed by atoms with Crippen LogP contribution in [0.4, 0.5) is 17.5 Å². The van der Waals surface area contributed by atoms with E-state index in [1.54, 1.807) is 0 Å². The minimum atomic E-state index is 0.265. The molecular weight excluding hydrogens is 268 g/mol. The number of hydrogen-bond acceptors (Lipinski definition) is 5. The van der Waals surface area contributed by atoms with E-state index in [1.807, 2.05) is 35.7 Å². The first-order chi connectivity index (χ1) is 8.72. The Balaban J connectivity index is 2.03. The standard InChI is InChI=1S/C12H9ClN4S/c13-7-1-3-8(4-2-7)15-10-9-5-6-18-11(9)17-12(14)16-10/h1-6H,(H3,14,15,16,17). The third-order valence-electron chi connectivity index (χ3n) is 2.45. The Morgan fingerprint density at radius 2 is 1.89 bits per heavy atom. The fourth-order valence-corrected chi connectivity index (χ4v) is 2.53. The van der Waals surface area contributed by atoms with Gasteiger partial charge in [0.05, 0.1) is 5.39 Å². The topological polar surface area (TPSA) is 63.8 Å². The van der Waals surface area contributed by atoms with Crippen molar-refractivity contribution in [3.05, 3.63) is 40.7 Å². The second-order valence-corrected chi connectivity index (χ2v) is 5.03. The first-order valence-corrected chi connectivity index (χ1v) is 6.51. The molecule has 2 aromatic heterocycles. The molecule has 4 nitrogen and oxygen atoms in total. The first-order valence-electron chi connectivity index (χ1n) is 5.26. The molecule has 0 bridgehead atoms. The summed E-state index contributed by atoms with van der Waals surface area (Å²) in [6, 6.07) is 9.38. The number of hydrogen-bond donors (Lipinski definition) is 2. The van der Waals surface area contributed by atoms with Crippen molar-refractivity contribution in [3.8, 4) is 0 Å². The smallest absolute Gasteiger partial charge is 0.223 e. The van der Waals surface area contributed by atoms with Gasteiger partial charge in [-0.15, -0.1) is 11.3 Å². The summed E-state index contributed by atoms with van der Waals surface area (Å²) in [6.45, 7) is 0. The Morgan fingerprint density at radius 1 is 1.11 bits per heavy atom. The lowest BCUT2D eigenvalue weighted by atomic mass is 10.3. The van der Waals surface area contributed by atoms with Crippen LogP contribution in [0, 0.1) is 0 Å². The van der Waals surface area contributed by atoms with Gasteiger partial charge in [-0.1, -0.05) is 11.6 Å². The molecule has 3 rings (SSSR count). The van der Waals surface area contributed by atoms with Gasteiger partial charge in [-0.05, 0) is 35.7 Å². The lowest BCUT2D eigenvalue weighted by molar-refractivity contribution is 1.24. The van der Waals surface area contributed by atoms with E-state index in [2.05, 4.69) is 15.3 Å². The molecule has 0 fully saturated rings. The van der Waals surface area contributed by atoms with Gasteiger partial charge in [0.15, 0.2) is 0 Å². The Hall–Kier alpha value is -1.85. The van der Waals surface area contributed by atoms with Crippen LogP contribution >= 0.6 is 22.9 Å². The van der Waals surface area contributed by atoms with Crippen molar-refractivity contribution < 1.29 is 0 Å². The van der Waals surface area contributed by atoms with Crippen molar-refractivity contribution in [2.75, 3.05) is 11.1 Å². The summed E-state index contributed by atoms with van der Waals surface area (Å²) >= 11 is 7.38. The normalized spacial score (nSPS) is 10.7. The number of nitrogens with zero attached hydrogens (tertiary/aromatic N) is 2. The Labute approximate surface area is 112 Å². The Morgan fingerprint density at radius 3 is 2.67 bits per heavy atom. The van der Waals surface area contributed by atoms with E-state index in [-0.39, 0.29) is 5.95 Å². The van der Waals surface area contributed by atoms with Gasteiger partial charge in [-0.25, -0.2) is 4.98 Å². The van der Waals surface area contributed by atoms with Crippen LogP contribution in [0.25, 0.3) is 10.2 Å². The summed E-state index contributed by atoms with van der Waals surface area (Å²) in [6.07, 6.45) is 0. The van der Waals surface area contributed by atoms with Gasteiger partial charge >= 0.3 is 0 Å². The molecule has 0 spiro atoms. The maximum atomic E-state index is 5.85. The number of halogens is 1. The maximum absolute atomic E-state index is 5.85. The number of thiophene rings is 1. The quantitative estimate of drug-likeness (QED) is 0.749. The SMILES string of the molecule is Nc1nc(Nc2ccc(Cl)cc2)c2ccsc2n1. The van der Waals surface area contributed by atoms with Gasteiger partial charge in [-0.2, -0.15) is 4.98 Å². The molecule has 90 valence electrons. The van der Waals surface area contributed by atoms with Crippen molar-refractivity contribution in [3.63, 3.8) is 0 Å². The van der Waals surface area contributed by atoms with E-state index in [0.29, 0.717) is 10.8 Å². The van der Waals surface area contributed by atoms with Gasteiger partial charge in [0, 0.05) is 10.7 Å². The van der Waals surface area contributed by atoms with Gasteiger partial charge in [-0.3, -0.25) is 0 Å². The molecule has 0 aliphatic carbocycles. The minimum absolute atomic E-state index is 0.265. The Bertz CT molecular complexity index is 693. The molecule has 0 aliphatic rings. The van der Waals surface area contributed by atoms with Gasteiger partial charge < -0.3 is 11.1 Å². The molecule has 18 heavy (non-hydrogen) atoms. The van der Waals surface area contributed by atoms with Crippen LogP contribution in [0.15, 0.2) is 35.7 Å². The van der Waals surface area contributed by atoms with E-state index in [4.69, 9.17) is 17.3 Å². The zero-order valence-electron chi connectivity index (χ0n) is 9.22. The molecule has 0 unspecified atom stereocenters. The van der Waals surface area contributed by atoms with Gasteiger partial charge in [0.1, 0.15) is 10.6 Å². The minimum Gasteiger partial charge on any atom is -0.368 e. The zero-order chi connectivity index (χ0) is 12.5. The van der Waals surface area contributed by atoms with Crippen molar-refractivity contribution in [1.82, 2.24) is 9.97 Å². The molecule has 0 saturated heterocycles. The molecule has 0 atom stereocenters. The van der Waals surface area contributed by atoms with Crippen LogP contribution in [0.2, 0.25) is 5.02 Å². The second kappa shape index (κ2) is 4.44.